The van der Waals surface area contributed by atoms with Crippen LogP contribution in [0.5, 0.6) is 0 Å². The number of hydrogen-bond acceptors (Lipinski definition) is 6. The summed E-state index contributed by atoms with van der Waals surface area (Å²) in [5.41, 5.74) is 2.85. The molecule has 2 aliphatic heterocycles. The molecular formula is C23H21ClN4O2S3. The number of thiazole rings is 1. The minimum atomic E-state index is -0.136. The van der Waals surface area contributed by atoms with Crippen molar-refractivity contribution in [2.24, 2.45) is 5.92 Å². The normalized spacial score (nSPS) is 19.1. The Morgan fingerprint density at radius 3 is 2.94 bits per heavy atom. The summed E-state index contributed by atoms with van der Waals surface area (Å²) in [5.74, 6) is 0.777. The summed E-state index contributed by atoms with van der Waals surface area (Å²) in [6, 6.07) is 13.0. The number of likely N-dealkylation sites (tertiary alicyclic amines) is 1. The van der Waals surface area contributed by atoms with Gasteiger partial charge in [-0.1, -0.05) is 53.8 Å². The summed E-state index contributed by atoms with van der Waals surface area (Å²) in [7, 11) is 0. The van der Waals surface area contributed by atoms with Gasteiger partial charge in [-0.2, -0.15) is 0 Å². The van der Waals surface area contributed by atoms with Crippen LogP contribution >= 0.6 is 46.9 Å². The van der Waals surface area contributed by atoms with E-state index in [0.717, 1.165) is 47.3 Å². The SMILES string of the molecule is O=C(CSC(=S)N1C[C@@H]2C[C@@H](C1)c1cccc(=O)n1C2)Nc1nc(-c2cccc(Cl)c2)cs1. The number of halogens is 1. The predicted octanol–water partition coefficient (Wildman–Crippen LogP) is 4.70. The topological polar surface area (TPSA) is 67.2 Å². The van der Waals surface area contributed by atoms with Crippen molar-refractivity contribution in [3.63, 3.8) is 0 Å². The van der Waals surface area contributed by atoms with Crippen LogP contribution in [0.25, 0.3) is 11.3 Å². The largest absolute Gasteiger partial charge is 0.356 e. The number of nitrogens with zero attached hydrogens (tertiary/aromatic N) is 3. The number of anilines is 1. The Morgan fingerprint density at radius 1 is 1.24 bits per heavy atom. The van der Waals surface area contributed by atoms with Crippen molar-refractivity contribution in [3.05, 3.63) is 68.9 Å². The maximum Gasteiger partial charge on any atom is 0.250 e. The fourth-order valence-electron chi connectivity index (χ4n) is 4.53. The average Bonchev–Trinajstić information content (AvgIpc) is 3.26. The third-order valence-corrected chi connectivity index (χ3v) is 8.45. The minimum absolute atomic E-state index is 0.0741. The third-order valence-electron chi connectivity index (χ3n) is 5.94. The Bertz CT molecular complexity index is 1270. The van der Waals surface area contributed by atoms with Crippen LogP contribution in [0.15, 0.2) is 52.6 Å². The van der Waals surface area contributed by atoms with Gasteiger partial charge in [0.2, 0.25) is 5.91 Å². The molecule has 1 fully saturated rings. The first kappa shape index (κ1) is 22.6. The van der Waals surface area contributed by atoms with Gasteiger partial charge in [0.1, 0.15) is 4.32 Å². The first-order valence-corrected chi connectivity index (χ1v) is 13.2. The molecule has 170 valence electrons. The van der Waals surface area contributed by atoms with Gasteiger partial charge in [-0.3, -0.25) is 9.59 Å². The summed E-state index contributed by atoms with van der Waals surface area (Å²) in [5, 5.41) is 5.96. The Balaban J connectivity index is 1.16. The summed E-state index contributed by atoms with van der Waals surface area (Å²) >= 11 is 14.5. The average molecular weight is 517 g/mol. The van der Waals surface area contributed by atoms with E-state index < -0.39 is 0 Å². The Hall–Kier alpha value is -2.20. The lowest BCUT2D eigenvalue weighted by atomic mass is 9.83. The van der Waals surface area contributed by atoms with Gasteiger partial charge in [0.05, 0.1) is 11.4 Å². The highest BCUT2D eigenvalue weighted by atomic mass is 35.5. The maximum absolute atomic E-state index is 12.5. The number of amides is 1. The fraction of sp³-hybridized carbons (Fsp3) is 0.304. The lowest BCUT2D eigenvalue weighted by Gasteiger charge is -2.43. The molecular weight excluding hydrogens is 496 g/mol. The number of carbonyl (C=O) groups excluding carboxylic acids is 1. The number of aromatic nitrogens is 2. The number of rotatable bonds is 4. The Kier molecular flexibility index (Phi) is 6.56. The number of pyridine rings is 1. The molecule has 2 bridgehead atoms. The molecule has 5 rings (SSSR count). The van der Waals surface area contributed by atoms with Crippen molar-refractivity contribution in [3.8, 4) is 11.3 Å². The molecule has 10 heteroatoms. The van der Waals surface area contributed by atoms with Gasteiger partial charge in [-0.25, -0.2) is 4.98 Å². The van der Waals surface area contributed by atoms with E-state index in [1.54, 1.807) is 6.07 Å². The van der Waals surface area contributed by atoms with Gasteiger partial charge < -0.3 is 14.8 Å². The number of thioether (sulfide) groups is 1. The number of benzene rings is 1. The number of fused-ring (bicyclic) bond motifs is 4. The molecule has 1 aromatic carbocycles. The summed E-state index contributed by atoms with van der Waals surface area (Å²) in [6.07, 6.45) is 1.08. The highest BCUT2D eigenvalue weighted by molar-refractivity contribution is 8.23. The highest BCUT2D eigenvalue weighted by Crippen LogP contribution is 2.36. The fourth-order valence-corrected chi connectivity index (χ4v) is 6.44. The van der Waals surface area contributed by atoms with E-state index in [0.29, 0.717) is 22.0 Å². The summed E-state index contributed by atoms with van der Waals surface area (Å²) in [4.78, 5) is 31.4. The van der Waals surface area contributed by atoms with Gasteiger partial charge in [-0.15, -0.1) is 11.3 Å². The minimum Gasteiger partial charge on any atom is -0.356 e. The van der Waals surface area contributed by atoms with Crippen molar-refractivity contribution < 1.29 is 4.79 Å². The monoisotopic (exact) mass is 516 g/mol. The van der Waals surface area contributed by atoms with E-state index in [2.05, 4.69) is 15.2 Å². The molecule has 33 heavy (non-hydrogen) atoms. The van der Waals surface area contributed by atoms with E-state index >= 15 is 0 Å². The van der Waals surface area contributed by atoms with E-state index in [4.69, 9.17) is 23.8 Å². The van der Waals surface area contributed by atoms with Crippen molar-refractivity contribution in [2.45, 2.75) is 18.9 Å². The lowest BCUT2D eigenvalue weighted by Crippen LogP contribution is -2.48. The third kappa shape index (κ3) is 5.01. The van der Waals surface area contributed by atoms with Crippen molar-refractivity contribution in [1.29, 1.82) is 0 Å². The Labute approximate surface area is 210 Å². The predicted molar refractivity (Wildman–Crippen MR) is 139 cm³/mol. The van der Waals surface area contributed by atoms with E-state index in [1.165, 1.54) is 23.1 Å². The molecule has 0 spiro atoms. The lowest BCUT2D eigenvalue weighted by molar-refractivity contribution is -0.113. The van der Waals surface area contributed by atoms with Crippen LogP contribution in [0.4, 0.5) is 5.13 Å². The summed E-state index contributed by atoms with van der Waals surface area (Å²) < 4.78 is 2.64. The second kappa shape index (κ2) is 9.58. The molecule has 0 saturated carbocycles. The smallest absolute Gasteiger partial charge is 0.250 e. The van der Waals surface area contributed by atoms with E-state index in [-0.39, 0.29) is 17.2 Å². The summed E-state index contributed by atoms with van der Waals surface area (Å²) in [6.45, 7) is 2.33. The number of hydrogen-bond donors (Lipinski definition) is 1. The molecule has 1 amide bonds. The molecule has 2 aromatic heterocycles. The van der Waals surface area contributed by atoms with Crippen LogP contribution in [0, 0.1) is 5.92 Å². The highest BCUT2D eigenvalue weighted by Gasteiger charge is 2.35. The first-order chi connectivity index (χ1) is 16.0. The molecule has 4 heterocycles. The molecule has 0 radical (unpaired) electrons. The van der Waals surface area contributed by atoms with Gasteiger partial charge >= 0.3 is 0 Å². The zero-order valence-corrected chi connectivity index (χ0v) is 20.8. The van der Waals surface area contributed by atoms with Gasteiger partial charge in [-0.05, 0) is 30.5 Å². The molecule has 3 aromatic rings. The first-order valence-electron chi connectivity index (χ1n) is 10.6. The molecule has 6 nitrogen and oxygen atoms in total. The van der Waals surface area contributed by atoms with Crippen LogP contribution in [-0.2, 0) is 11.3 Å². The number of nitrogens with one attached hydrogen (secondary N) is 1. The van der Waals surface area contributed by atoms with Crippen LogP contribution in [0.1, 0.15) is 18.0 Å². The standard InChI is InChI=1S/C23H21ClN4O2S3/c24-17-4-1-3-15(8-17)18-12-32-22(25-18)26-20(29)13-33-23(31)27-9-14-7-16(11-27)19-5-2-6-21(30)28(19)10-14/h1-6,8,12,14,16H,7,9-11,13H2,(H,25,26,29)/t14-,16-/m0/s1. The van der Waals surface area contributed by atoms with Gasteiger partial charge in [0, 0.05) is 53.3 Å². The maximum atomic E-state index is 12.5. The van der Waals surface area contributed by atoms with Crippen molar-refractivity contribution in [2.75, 3.05) is 24.2 Å². The number of thiocarbonyl (C=S) groups is 1. The van der Waals surface area contributed by atoms with E-state index in [1.807, 2.05) is 46.3 Å². The second-order valence-corrected chi connectivity index (χ2v) is 11.2. The molecule has 0 unspecified atom stereocenters. The van der Waals surface area contributed by atoms with Crippen LogP contribution in [0.3, 0.4) is 0 Å². The number of piperidine rings is 1. The van der Waals surface area contributed by atoms with Crippen LogP contribution < -0.4 is 10.9 Å². The molecule has 0 aliphatic carbocycles. The van der Waals surface area contributed by atoms with Crippen molar-refractivity contribution >= 4 is 62.3 Å². The van der Waals surface area contributed by atoms with Crippen LogP contribution in [0.2, 0.25) is 5.02 Å². The molecule has 2 atom stereocenters. The van der Waals surface area contributed by atoms with Crippen LogP contribution in [-0.4, -0.2) is 43.5 Å². The zero-order valence-electron chi connectivity index (χ0n) is 17.6. The van der Waals surface area contributed by atoms with Crippen molar-refractivity contribution in [1.82, 2.24) is 14.5 Å². The number of carbonyl (C=O) groups is 1. The zero-order chi connectivity index (χ0) is 22.9. The Morgan fingerprint density at radius 2 is 2.09 bits per heavy atom. The molecule has 1 saturated heterocycles. The molecule has 1 N–H and O–H groups in total. The molecule has 2 aliphatic rings. The van der Waals surface area contributed by atoms with Gasteiger partial charge in [0.25, 0.3) is 5.56 Å². The van der Waals surface area contributed by atoms with E-state index in [9.17, 15) is 9.59 Å². The quantitative estimate of drug-likeness (QED) is 0.507. The van der Waals surface area contributed by atoms with Gasteiger partial charge in [0.15, 0.2) is 5.13 Å². The second-order valence-electron chi connectivity index (χ2n) is 8.25.